The highest BCUT2D eigenvalue weighted by Crippen LogP contribution is 2.35. The molecule has 2 aliphatic rings. The van der Waals surface area contributed by atoms with Crippen LogP contribution in [0.25, 0.3) is 32.9 Å². The molecule has 3 heterocycles. The highest BCUT2D eigenvalue weighted by atomic mass is 16.5. The summed E-state index contributed by atoms with van der Waals surface area (Å²) in [5, 5.41) is 17.8. The summed E-state index contributed by atoms with van der Waals surface area (Å²) in [6.45, 7) is 5.99. The summed E-state index contributed by atoms with van der Waals surface area (Å²) in [4.78, 5) is 2.51. The third kappa shape index (κ3) is 4.34. The second-order valence-corrected chi connectivity index (χ2v) is 9.92. The number of aromatic nitrogens is 2. The summed E-state index contributed by atoms with van der Waals surface area (Å²) in [6, 6.07) is 21.4. The van der Waals surface area contributed by atoms with E-state index in [4.69, 9.17) is 14.6 Å². The number of likely N-dealkylation sites (N-methyl/N-ethyl adjacent to an activating group) is 1. The summed E-state index contributed by atoms with van der Waals surface area (Å²) in [5.74, 6) is 0.918. The number of nitrogens with zero attached hydrogens (tertiary/aromatic N) is 4. The molecule has 1 unspecified atom stereocenters. The molecule has 6 nitrogen and oxygen atoms in total. The van der Waals surface area contributed by atoms with Gasteiger partial charge in [0.2, 0.25) is 0 Å². The molecule has 6 heteroatoms. The average molecular weight is 481 g/mol. The lowest BCUT2D eigenvalue weighted by molar-refractivity contribution is -0.0365. The molecule has 4 aromatic rings. The van der Waals surface area contributed by atoms with E-state index in [2.05, 4.69) is 54.3 Å². The largest absolute Gasteiger partial charge is 0.492 e. The molecule has 0 radical (unpaired) electrons. The van der Waals surface area contributed by atoms with E-state index in [1.54, 1.807) is 0 Å². The first kappa shape index (κ1) is 23.0. The second kappa shape index (κ2) is 9.93. The van der Waals surface area contributed by atoms with E-state index in [9.17, 15) is 5.26 Å². The summed E-state index contributed by atoms with van der Waals surface area (Å²) in [7, 11) is 0. The van der Waals surface area contributed by atoms with E-state index >= 15 is 0 Å². The number of hydrogen-bond donors (Lipinski definition) is 0. The van der Waals surface area contributed by atoms with Crippen LogP contribution < -0.4 is 4.74 Å². The van der Waals surface area contributed by atoms with Crippen molar-refractivity contribution in [2.75, 3.05) is 26.3 Å². The molecular formula is C30H32N4O2. The molecule has 0 saturated carbocycles. The highest BCUT2D eigenvalue weighted by Gasteiger charge is 2.24. The van der Waals surface area contributed by atoms with Crippen molar-refractivity contribution in [3.05, 3.63) is 60.2 Å². The van der Waals surface area contributed by atoms with Crippen LogP contribution in [0.1, 0.15) is 50.8 Å². The zero-order valence-electron chi connectivity index (χ0n) is 20.8. The molecule has 2 saturated heterocycles. The molecule has 0 amide bonds. The Morgan fingerprint density at radius 3 is 2.75 bits per heavy atom. The standard InChI is InChI=1S/C30H32N4O2/c1-2-33-14-5-6-25(33)20-36-26-12-11-22-17-24(10-9-23(22)18-26)30-27-16-21(19-31)8-13-28(27)34(32-30)29-7-3-4-15-35-29/h8-13,16-18,25,29H,2-7,14-15,20H2,1H3/t25-,29?/m0/s1. The van der Waals surface area contributed by atoms with Crippen LogP contribution in [0.5, 0.6) is 5.75 Å². The predicted octanol–water partition coefficient (Wildman–Crippen LogP) is 6.29. The fraction of sp³-hybridized carbons (Fsp3) is 0.400. The summed E-state index contributed by atoms with van der Waals surface area (Å²) >= 11 is 0. The van der Waals surface area contributed by atoms with E-state index in [1.165, 1.54) is 19.4 Å². The molecule has 1 aromatic heterocycles. The van der Waals surface area contributed by atoms with E-state index in [1.807, 2.05) is 22.9 Å². The van der Waals surface area contributed by atoms with Crippen molar-refractivity contribution < 1.29 is 9.47 Å². The van der Waals surface area contributed by atoms with Gasteiger partial charge in [0.25, 0.3) is 0 Å². The Bertz CT molecular complexity index is 1430. The minimum atomic E-state index is -0.0633. The zero-order chi connectivity index (χ0) is 24.5. The van der Waals surface area contributed by atoms with Gasteiger partial charge < -0.3 is 9.47 Å². The molecule has 0 N–H and O–H groups in total. The fourth-order valence-electron chi connectivity index (χ4n) is 5.71. The maximum Gasteiger partial charge on any atom is 0.150 e. The van der Waals surface area contributed by atoms with Gasteiger partial charge in [0.05, 0.1) is 17.1 Å². The average Bonchev–Trinajstić information content (AvgIpc) is 3.56. The van der Waals surface area contributed by atoms with Gasteiger partial charge in [-0.3, -0.25) is 4.90 Å². The van der Waals surface area contributed by atoms with Crippen molar-refractivity contribution >= 4 is 21.7 Å². The van der Waals surface area contributed by atoms with E-state index in [0.717, 1.165) is 77.7 Å². The molecule has 2 atom stereocenters. The Balaban J connectivity index is 1.32. The van der Waals surface area contributed by atoms with Crippen LogP contribution in [0, 0.1) is 11.3 Å². The van der Waals surface area contributed by atoms with Crippen LogP contribution in [-0.4, -0.2) is 47.0 Å². The Labute approximate surface area is 212 Å². The number of nitriles is 1. The number of likely N-dealkylation sites (tertiary alicyclic amines) is 1. The molecule has 0 aliphatic carbocycles. The molecule has 2 aliphatic heterocycles. The number of hydrogen-bond acceptors (Lipinski definition) is 5. The Morgan fingerprint density at radius 1 is 1.03 bits per heavy atom. The molecule has 184 valence electrons. The molecule has 0 bridgehead atoms. The first-order valence-corrected chi connectivity index (χ1v) is 13.2. The van der Waals surface area contributed by atoms with E-state index in [0.29, 0.717) is 11.6 Å². The first-order valence-electron chi connectivity index (χ1n) is 13.2. The van der Waals surface area contributed by atoms with Gasteiger partial charge in [0, 0.05) is 23.6 Å². The lowest BCUT2D eigenvalue weighted by atomic mass is 10.0. The Morgan fingerprint density at radius 2 is 1.92 bits per heavy atom. The number of rotatable bonds is 6. The third-order valence-corrected chi connectivity index (χ3v) is 7.70. The molecule has 6 rings (SSSR count). The monoisotopic (exact) mass is 480 g/mol. The lowest BCUT2D eigenvalue weighted by Crippen LogP contribution is -2.33. The van der Waals surface area contributed by atoms with Crippen molar-refractivity contribution in [2.24, 2.45) is 0 Å². The lowest BCUT2D eigenvalue weighted by Gasteiger charge is -2.23. The molecule has 36 heavy (non-hydrogen) atoms. The summed E-state index contributed by atoms with van der Waals surface area (Å²) in [6.07, 6.45) is 5.59. The van der Waals surface area contributed by atoms with Crippen molar-refractivity contribution in [1.29, 1.82) is 5.26 Å². The van der Waals surface area contributed by atoms with Crippen LogP contribution >= 0.6 is 0 Å². The maximum absolute atomic E-state index is 9.51. The second-order valence-electron chi connectivity index (χ2n) is 9.92. The van der Waals surface area contributed by atoms with E-state index < -0.39 is 0 Å². The summed E-state index contributed by atoms with van der Waals surface area (Å²) in [5.41, 5.74) is 3.57. The fourth-order valence-corrected chi connectivity index (χ4v) is 5.71. The van der Waals surface area contributed by atoms with Gasteiger partial charge in [-0.05, 0) is 92.4 Å². The summed E-state index contributed by atoms with van der Waals surface area (Å²) < 4.78 is 14.3. The van der Waals surface area contributed by atoms with Crippen molar-refractivity contribution in [1.82, 2.24) is 14.7 Å². The van der Waals surface area contributed by atoms with Gasteiger partial charge >= 0.3 is 0 Å². The van der Waals surface area contributed by atoms with Crippen molar-refractivity contribution in [2.45, 2.75) is 51.3 Å². The van der Waals surface area contributed by atoms with Crippen LogP contribution in [0.15, 0.2) is 54.6 Å². The quantitative estimate of drug-likeness (QED) is 0.324. The smallest absolute Gasteiger partial charge is 0.150 e. The van der Waals surface area contributed by atoms with Gasteiger partial charge in [0.1, 0.15) is 18.1 Å². The van der Waals surface area contributed by atoms with Crippen molar-refractivity contribution in [3.63, 3.8) is 0 Å². The van der Waals surface area contributed by atoms with Crippen LogP contribution in [-0.2, 0) is 4.74 Å². The minimum Gasteiger partial charge on any atom is -0.492 e. The topological polar surface area (TPSA) is 63.3 Å². The van der Waals surface area contributed by atoms with Crippen molar-refractivity contribution in [3.8, 4) is 23.1 Å². The first-order chi connectivity index (χ1) is 17.7. The minimum absolute atomic E-state index is 0.0633. The van der Waals surface area contributed by atoms with Crippen LogP contribution in [0.2, 0.25) is 0 Å². The predicted molar refractivity (Wildman–Crippen MR) is 142 cm³/mol. The zero-order valence-corrected chi connectivity index (χ0v) is 20.8. The number of ether oxygens (including phenoxy) is 2. The molecular weight excluding hydrogens is 448 g/mol. The van der Waals surface area contributed by atoms with Crippen LogP contribution in [0.4, 0.5) is 0 Å². The van der Waals surface area contributed by atoms with Gasteiger partial charge in [0.15, 0.2) is 6.23 Å². The molecule has 2 fully saturated rings. The molecule has 0 spiro atoms. The molecule has 3 aromatic carbocycles. The van der Waals surface area contributed by atoms with Crippen LogP contribution in [0.3, 0.4) is 0 Å². The van der Waals surface area contributed by atoms with Gasteiger partial charge in [-0.2, -0.15) is 10.4 Å². The van der Waals surface area contributed by atoms with Gasteiger partial charge in [-0.15, -0.1) is 0 Å². The highest BCUT2D eigenvalue weighted by molar-refractivity contribution is 5.97. The van der Waals surface area contributed by atoms with Gasteiger partial charge in [-0.1, -0.05) is 25.1 Å². The number of fused-ring (bicyclic) bond motifs is 2. The van der Waals surface area contributed by atoms with Gasteiger partial charge in [-0.25, -0.2) is 4.68 Å². The Hall–Kier alpha value is -3.40. The Kier molecular flexibility index (Phi) is 6.35. The third-order valence-electron chi connectivity index (χ3n) is 7.70. The number of benzene rings is 3. The maximum atomic E-state index is 9.51. The SMILES string of the molecule is CCN1CCC[C@H]1COc1ccc2cc(-c3nn(C4CCCCO4)c4ccc(C#N)cc34)ccc2c1. The van der Waals surface area contributed by atoms with E-state index in [-0.39, 0.29) is 6.23 Å². The normalized spacial score (nSPS) is 20.7.